The lowest BCUT2D eigenvalue weighted by Gasteiger charge is -2.23. The van der Waals surface area contributed by atoms with E-state index < -0.39 is 28.8 Å². The number of fused-ring (bicyclic) bond motifs is 1. The van der Waals surface area contributed by atoms with Gasteiger partial charge < -0.3 is 15.5 Å². The molecule has 34 heavy (non-hydrogen) atoms. The van der Waals surface area contributed by atoms with E-state index in [-0.39, 0.29) is 18.0 Å². The van der Waals surface area contributed by atoms with Crippen molar-refractivity contribution in [1.82, 2.24) is 0 Å². The van der Waals surface area contributed by atoms with Crippen LogP contribution in [0.1, 0.15) is 30.0 Å². The quantitative estimate of drug-likeness (QED) is 0.382. The Bertz CT molecular complexity index is 1240. The average molecular weight is 489 g/mol. The van der Waals surface area contributed by atoms with Crippen LogP contribution in [0.5, 0.6) is 0 Å². The number of hydrogen-bond acceptors (Lipinski definition) is 5. The zero-order valence-corrected chi connectivity index (χ0v) is 19.1. The number of benzene rings is 3. The number of anilines is 1. The highest BCUT2D eigenvalue weighted by atomic mass is 32.2. The molecule has 0 saturated heterocycles. The molecule has 0 heterocycles. The van der Waals surface area contributed by atoms with Crippen LogP contribution in [0.2, 0.25) is 0 Å². The molecule has 9 heteroatoms. The summed E-state index contributed by atoms with van der Waals surface area (Å²) >= 11 is 1.26. The lowest BCUT2D eigenvalue weighted by molar-refractivity contribution is -0.137. The van der Waals surface area contributed by atoms with E-state index in [1.807, 2.05) is 36.4 Å². The summed E-state index contributed by atoms with van der Waals surface area (Å²) in [5.74, 6) is -0.900. The van der Waals surface area contributed by atoms with Gasteiger partial charge in [-0.15, -0.1) is 11.8 Å². The Morgan fingerprint density at radius 1 is 1.12 bits per heavy atom. The van der Waals surface area contributed by atoms with Gasteiger partial charge in [-0.25, -0.2) is 0 Å². The minimum atomic E-state index is -4.76. The molecule has 3 rings (SSSR count). The number of nitrogens with zero attached hydrogens (tertiary/aromatic N) is 1. The Morgan fingerprint density at radius 2 is 1.82 bits per heavy atom. The molecule has 1 amide bonds. The summed E-state index contributed by atoms with van der Waals surface area (Å²) in [5.41, 5.74) is -2.68. The first-order valence-electron chi connectivity index (χ1n) is 10.5. The van der Waals surface area contributed by atoms with Crippen molar-refractivity contribution < 1.29 is 28.2 Å². The summed E-state index contributed by atoms with van der Waals surface area (Å²) in [6.45, 7) is 1.38. The fourth-order valence-electron chi connectivity index (χ4n) is 3.45. The maximum Gasteiger partial charge on any atom is 0.417 e. The van der Waals surface area contributed by atoms with Crippen LogP contribution in [0.4, 0.5) is 18.9 Å². The van der Waals surface area contributed by atoms with Crippen molar-refractivity contribution in [2.75, 3.05) is 17.7 Å². The van der Waals surface area contributed by atoms with E-state index in [9.17, 15) is 23.1 Å². The molecule has 1 atom stereocenters. The number of carbonyl (C=O) groups excluding carboxylic acids is 1. The number of aryl methyl sites for hydroxylation is 1. The molecule has 1 unspecified atom stereocenters. The fourth-order valence-corrected chi connectivity index (χ4v) is 4.52. The van der Waals surface area contributed by atoms with E-state index >= 15 is 0 Å². The van der Waals surface area contributed by atoms with Crippen LogP contribution in [0, 0.1) is 11.3 Å². The van der Waals surface area contributed by atoms with Crippen LogP contribution < -0.4 is 5.32 Å². The van der Waals surface area contributed by atoms with Crippen LogP contribution in [0.25, 0.3) is 10.8 Å². The maximum atomic E-state index is 13.2. The number of hydrogen-bond donors (Lipinski definition) is 3. The van der Waals surface area contributed by atoms with Crippen molar-refractivity contribution in [3.8, 4) is 6.07 Å². The number of thioether (sulfide) groups is 1. The number of aliphatic hydroxyl groups is 2. The van der Waals surface area contributed by atoms with Crippen molar-refractivity contribution in [2.45, 2.75) is 36.4 Å². The number of aliphatic hydroxyl groups excluding tert-OH is 1. The van der Waals surface area contributed by atoms with Gasteiger partial charge in [-0.3, -0.25) is 4.79 Å². The molecular formula is C25H23F3N2O3S. The van der Waals surface area contributed by atoms with E-state index in [2.05, 4.69) is 5.32 Å². The molecular weight excluding hydrogens is 465 g/mol. The van der Waals surface area contributed by atoms with Crippen LogP contribution >= 0.6 is 11.8 Å². The van der Waals surface area contributed by atoms with E-state index in [1.54, 1.807) is 0 Å². The lowest BCUT2D eigenvalue weighted by atomic mass is 10.0. The Hall–Kier alpha value is -3.06. The molecule has 0 aliphatic carbocycles. The number of carbonyl (C=O) groups is 1. The molecule has 0 saturated carbocycles. The molecule has 3 N–H and O–H groups in total. The second kappa shape index (κ2) is 10.5. The highest BCUT2D eigenvalue weighted by molar-refractivity contribution is 7.99. The third-order valence-electron chi connectivity index (χ3n) is 5.28. The average Bonchev–Trinajstić information content (AvgIpc) is 2.81. The summed E-state index contributed by atoms with van der Waals surface area (Å²) in [5, 5.41) is 33.1. The second-order valence-electron chi connectivity index (χ2n) is 7.98. The lowest BCUT2D eigenvalue weighted by Crippen LogP contribution is -2.42. The van der Waals surface area contributed by atoms with Crippen molar-refractivity contribution in [1.29, 1.82) is 5.26 Å². The van der Waals surface area contributed by atoms with Gasteiger partial charge >= 0.3 is 6.18 Å². The van der Waals surface area contributed by atoms with Crippen LogP contribution in [-0.2, 0) is 17.4 Å². The third kappa shape index (κ3) is 5.89. The van der Waals surface area contributed by atoms with Gasteiger partial charge in [-0.1, -0.05) is 30.3 Å². The van der Waals surface area contributed by atoms with E-state index in [1.165, 1.54) is 30.8 Å². The number of amides is 1. The molecule has 0 radical (unpaired) electrons. The largest absolute Gasteiger partial charge is 0.417 e. The number of rotatable bonds is 8. The molecule has 0 fully saturated rings. The summed E-state index contributed by atoms with van der Waals surface area (Å²) in [4.78, 5) is 13.5. The summed E-state index contributed by atoms with van der Waals surface area (Å²) in [7, 11) is 0. The SMILES string of the molecule is CC(O)(CSc1ccc(CCCO)c2ccccc12)C(=O)Nc1ccc(C#N)c(C(F)(F)F)c1. The third-order valence-corrected chi connectivity index (χ3v) is 6.65. The van der Waals surface area contributed by atoms with Crippen LogP contribution in [-0.4, -0.2) is 34.1 Å². The maximum absolute atomic E-state index is 13.2. The highest BCUT2D eigenvalue weighted by Crippen LogP contribution is 2.35. The first-order valence-corrected chi connectivity index (χ1v) is 11.4. The molecule has 0 bridgehead atoms. The summed E-state index contributed by atoms with van der Waals surface area (Å²) < 4.78 is 39.6. The molecule has 178 valence electrons. The van der Waals surface area contributed by atoms with Gasteiger partial charge in [-0.2, -0.15) is 18.4 Å². The number of alkyl halides is 3. The molecule has 5 nitrogen and oxygen atoms in total. The van der Waals surface area contributed by atoms with Gasteiger partial charge in [0, 0.05) is 22.9 Å². The summed E-state index contributed by atoms with van der Waals surface area (Å²) in [6, 6.07) is 15.9. The zero-order chi connectivity index (χ0) is 24.9. The second-order valence-corrected chi connectivity index (χ2v) is 9.00. The monoisotopic (exact) mass is 488 g/mol. The smallest absolute Gasteiger partial charge is 0.396 e. The Labute approximate surface area is 199 Å². The van der Waals surface area contributed by atoms with Gasteiger partial charge in [0.1, 0.15) is 5.60 Å². The van der Waals surface area contributed by atoms with E-state index in [0.29, 0.717) is 18.9 Å². The normalized spacial score (nSPS) is 13.3. The molecule has 0 aromatic heterocycles. The standard InChI is InChI=1S/C25H23F3N2O3S/c1-24(33,23(32)30-18-10-8-17(14-29)21(13-18)25(26,27)28)15-34-22-11-9-16(5-4-12-31)19-6-2-3-7-20(19)22/h2-3,6-11,13,31,33H,4-5,12,15H2,1H3,(H,30,32). The van der Waals surface area contributed by atoms with E-state index in [4.69, 9.17) is 10.4 Å². The van der Waals surface area contributed by atoms with Crippen molar-refractivity contribution in [2.24, 2.45) is 0 Å². The molecule has 0 aliphatic heterocycles. The predicted molar refractivity (Wildman–Crippen MR) is 125 cm³/mol. The van der Waals surface area contributed by atoms with Crippen LogP contribution in [0.3, 0.4) is 0 Å². The van der Waals surface area contributed by atoms with E-state index in [0.717, 1.165) is 27.3 Å². The Balaban J connectivity index is 1.76. The number of halogens is 3. The minimum Gasteiger partial charge on any atom is -0.396 e. The van der Waals surface area contributed by atoms with Gasteiger partial charge in [-0.05, 0) is 60.4 Å². The first kappa shape index (κ1) is 25.6. The van der Waals surface area contributed by atoms with Gasteiger partial charge in [0.2, 0.25) is 0 Å². The summed E-state index contributed by atoms with van der Waals surface area (Å²) in [6.07, 6.45) is -3.40. The highest BCUT2D eigenvalue weighted by Gasteiger charge is 2.35. The zero-order valence-electron chi connectivity index (χ0n) is 18.3. The molecule has 0 aliphatic rings. The Kier molecular flexibility index (Phi) is 7.87. The molecule has 3 aromatic carbocycles. The van der Waals surface area contributed by atoms with Gasteiger partial charge in [0.15, 0.2) is 0 Å². The van der Waals surface area contributed by atoms with Crippen molar-refractivity contribution >= 4 is 34.1 Å². The minimum absolute atomic E-state index is 0.0405. The first-order chi connectivity index (χ1) is 16.1. The van der Waals surface area contributed by atoms with Gasteiger partial charge in [0.25, 0.3) is 5.91 Å². The Morgan fingerprint density at radius 3 is 2.47 bits per heavy atom. The fraction of sp³-hybridized carbons (Fsp3) is 0.280. The molecule has 0 spiro atoms. The number of nitrogens with one attached hydrogen (secondary N) is 1. The molecule has 3 aromatic rings. The topological polar surface area (TPSA) is 93.3 Å². The number of nitriles is 1. The van der Waals surface area contributed by atoms with Crippen LogP contribution in [0.15, 0.2) is 59.5 Å². The van der Waals surface area contributed by atoms with Crippen molar-refractivity contribution in [3.05, 3.63) is 71.3 Å². The van der Waals surface area contributed by atoms with Crippen molar-refractivity contribution in [3.63, 3.8) is 0 Å². The predicted octanol–water partition coefficient (Wildman–Crippen LogP) is 5.14. The van der Waals surface area contributed by atoms with Gasteiger partial charge in [0.05, 0.1) is 17.2 Å².